The first-order valence-corrected chi connectivity index (χ1v) is 8.86. The number of benzene rings is 2. The molecule has 1 N–H and O–H groups in total. The Morgan fingerprint density at radius 1 is 1.04 bits per heavy atom. The van der Waals surface area contributed by atoms with Crippen molar-refractivity contribution in [3.05, 3.63) is 65.0 Å². The number of methoxy groups -OCH3 is 1. The number of nitrogens with zero attached hydrogens (tertiary/aromatic N) is 1. The van der Waals surface area contributed by atoms with Crippen LogP contribution in [0.2, 0.25) is 0 Å². The SMILES string of the molecule is COc1ccc(F)cc1C(c1ccccc1C(F)(F)F)N1CCCNCC1. The van der Waals surface area contributed by atoms with Crippen LogP contribution in [-0.2, 0) is 6.18 Å². The minimum absolute atomic E-state index is 0.107. The lowest BCUT2D eigenvalue weighted by Crippen LogP contribution is -2.34. The number of ether oxygens (including phenoxy) is 1. The molecule has 2 aromatic rings. The molecular weight excluding hydrogens is 360 g/mol. The van der Waals surface area contributed by atoms with E-state index >= 15 is 0 Å². The zero-order valence-electron chi connectivity index (χ0n) is 15.0. The van der Waals surface area contributed by atoms with Crippen LogP contribution in [-0.4, -0.2) is 38.2 Å². The van der Waals surface area contributed by atoms with E-state index in [9.17, 15) is 17.6 Å². The molecule has 0 aliphatic carbocycles. The highest BCUT2D eigenvalue weighted by molar-refractivity contribution is 5.45. The fraction of sp³-hybridized carbons (Fsp3) is 0.400. The molecule has 7 heteroatoms. The third-order valence-electron chi connectivity index (χ3n) is 4.79. The Morgan fingerprint density at radius 3 is 2.56 bits per heavy atom. The van der Waals surface area contributed by atoms with Gasteiger partial charge in [-0.15, -0.1) is 0 Å². The van der Waals surface area contributed by atoms with Gasteiger partial charge < -0.3 is 10.1 Å². The standard InChI is InChI=1S/C20H22F4N2O/c1-27-18-8-7-14(21)13-16(18)19(26-11-4-9-25-10-12-26)15-5-2-3-6-17(15)20(22,23)24/h2-3,5-8,13,19,25H,4,9-12H2,1H3. The van der Waals surface area contributed by atoms with Gasteiger partial charge in [0.25, 0.3) is 0 Å². The van der Waals surface area contributed by atoms with Crippen molar-refractivity contribution in [1.82, 2.24) is 10.2 Å². The Bertz CT molecular complexity index is 771. The predicted molar refractivity (Wildman–Crippen MR) is 95.3 cm³/mol. The molecule has 1 heterocycles. The predicted octanol–water partition coefficient (Wildman–Crippen LogP) is 4.24. The maximum atomic E-state index is 14.0. The molecule has 0 spiro atoms. The molecule has 1 unspecified atom stereocenters. The Morgan fingerprint density at radius 2 is 1.81 bits per heavy atom. The van der Waals surface area contributed by atoms with Crippen molar-refractivity contribution in [3.8, 4) is 5.75 Å². The fourth-order valence-corrected chi connectivity index (χ4v) is 3.60. The van der Waals surface area contributed by atoms with Gasteiger partial charge in [0.15, 0.2) is 0 Å². The van der Waals surface area contributed by atoms with E-state index in [4.69, 9.17) is 4.74 Å². The zero-order valence-corrected chi connectivity index (χ0v) is 15.0. The van der Waals surface area contributed by atoms with Crippen molar-refractivity contribution in [2.45, 2.75) is 18.6 Å². The molecule has 1 saturated heterocycles. The van der Waals surface area contributed by atoms with Crippen LogP contribution in [0.3, 0.4) is 0 Å². The fourth-order valence-electron chi connectivity index (χ4n) is 3.60. The van der Waals surface area contributed by atoms with Crippen LogP contribution in [0.4, 0.5) is 17.6 Å². The summed E-state index contributed by atoms with van der Waals surface area (Å²) in [7, 11) is 1.44. The van der Waals surface area contributed by atoms with Gasteiger partial charge >= 0.3 is 6.18 Å². The van der Waals surface area contributed by atoms with Gasteiger partial charge in [-0.2, -0.15) is 13.2 Å². The van der Waals surface area contributed by atoms with Gasteiger partial charge in [0.2, 0.25) is 0 Å². The molecule has 0 bridgehead atoms. The summed E-state index contributed by atoms with van der Waals surface area (Å²) < 4.78 is 60.5. The number of nitrogens with one attached hydrogen (secondary N) is 1. The van der Waals surface area contributed by atoms with Crippen molar-refractivity contribution in [2.24, 2.45) is 0 Å². The Hall–Kier alpha value is -2.12. The Labute approximate surface area is 155 Å². The minimum Gasteiger partial charge on any atom is -0.496 e. The summed E-state index contributed by atoms with van der Waals surface area (Å²) in [6, 6.07) is 8.72. The minimum atomic E-state index is -4.50. The molecule has 27 heavy (non-hydrogen) atoms. The molecule has 3 nitrogen and oxygen atoms in total. The zero-order chi connectivity index (χ0) is 19.4. The van der Waals surface area contributed by atoms with Gasteiger partial charge in [-0.25, -0.2) is 4.39 Å². The summed E-state index contributed by atoms with van der Waals surface area (Å²) in [4.78, 5) is 1.96. The van der Waals surface area contributed by atoms with Crippen molar-refractivity contribution < 1.29 is 22.3 Å². The molecule has 3 rings (SSSR count). The first-order chi connectivity index (χ1) is 12.9. The topological polar surface area (TPSA) is 24.5 Å². The van der Waals surface area contributed by atoms with E-state index in [1.165, 1.54) is 37.4 Å². The van der Waals surface area contributed by atoms with Crippen LogP contribution in [0.1, 0.15) is 29.2 Å². The van der Waals surface area contributed by atoms with Gasteiger partial charge in [0.1, 0.15) is 11.6 Å². The van der Waals surface area contributed by atoms with E-state index in [1.807, 2.05) is 4.90 Å². The molecule has 1 fully saturated rings. The van der Waals surface area contributed by atoms with E-state index in [2.05, 4.69) is 5.32 Å². The van der Waals surface area contributed by atoms with Crippen LogP contribution in [0.25, 0.3) is 0 Å². The van der Waals surface area contributed by atoms with Crippen molar-refractivity contribution >= 4 is 0 Å². The molecule has 0 saturated carbocycles. The summed E-state index contributed by atoms with van der Waals surface area (Å²) in [5.74, 6) is -0.135. The summed E-state index contributed by atoms with van der Waals surface area (Å²) in [5, 5.41) is 3.25. The molecule has 1 aliphatic heterocycles. The second-order valence-corrected chi connectivity index (χ2v) is 6.51. The monoisotopic (exact) mass is 382 g/mol. The molecule has 0 amide bonds. The summed E-state index contributed by atoms with van der Waals surface area (Å²) in [6.07, 6.45) is -3.71. The van der Waals surface area contributed by atoms with Gasteiger partial charge in [0, 0.05) is 25.2 Å². The largest absolute Gasteiger partial charge is 0.496 e. The average molecular weight is 382 g/mol. The lowest BCUT2D eigenvalue weighted by Gasteiger charge is -2.33. The molecule has 2 aromatic carbocycles. The maximum Gasteiger partial charge on any atom is 0.416 e. The number of halogens is 4. The van der Waals surface area contributed by atoms with E-state index in [1.54, 1.807) is 6.07 Å². The van der Waals surface area contributed by atoms with Crippen LogP contribution < -0.4 is 10.1 Å². The average Bonchev–Trinajstić information content (AvgIpc) is 2.91. The van der Waals surface area contributed by atoms with Crippen LogP contribution in [0.15, 0.2) is 42.5 Å². The number of rotatable bonds is 4. The van der Waals surface area contributed by atoms with Crippen molar-refractivity contribution in [1.29, 1.82) is 0 Å². The lowest BCUT2D eigenvalue weighted by molar-refractivity contribution is -0.138. The molecular formula is C20H22F4N2O. The summed E-state index contributed by atoms with van der Waals surface area (Å²) in [6.45, 7) is 2.60. The third kappa shape index (κ3) is 4.42. The smallest absolute Gasteiger partial charge is 0.416 e. The first-order valence-electron chi connectivity index (χ1n) is 8.86. The second kappa shape index (κ2) is 8.27. The van der Waals surface area contributed by atoms with E-state index < -0.39 is 23.6 Å². The quantitative estimate of drug-likeness (QED) is 0.801. The van der Waals surface area contributed by atoms with Gasteiger partial charge in [-0.1, -0.05) is 18.2 Å². The highest BCUT2D eigenvalue weighted by Crippen LogP contribution is 2.41. The molecule has 1 aliphatic rings. The third-order valence-corrected chi connectivity index (χ3v) is 4.79. The van der Waals surface area contributed by atoms with E-state index in [0.717, 1.165) is 19.0 Å². The van der Waals surface area contributed by atoms with Crippen molar-refractivity contribution in [2.75, 3.05) is 33.3 Å². The molecule has 0 radical (unpaired) electrons. The van der Waals surface area contributed by atoms with Crippen molar-refractivity contribution in [3.63, 3.8) is 0 Å². The number of hydrogen-bond donors (Lipinski definition) is 1. The summed E-state index contributed by atoms with van der Waals surface area (Å²) in [5.41, 5.74) is -0.203. The van der Waals surface area contributed by atoms with E-state index in [0.29, 0.717) is 30.9 Å². The second-order valence-electron chi connectivity index (χ2n) is 6.51. The number of hydrogen-bond acceptors (Lipinski definition) is 3. The number of alkyl halides is 3. The molecule has 146 valence electrons. The lowest BCUT2D eigenvalue weighted by atomic mass is 9.91. The van der Waals surface area contributed by atoms with Gasteiger partial charge in [-0.05, 0) is 42.8 Å². The Kier molecular flexibility index (Phi) is 6.01. The molecule has 1 atom stereocenters. The summed E-state index contributed by atoms with van der Waals surface area (Å²) >= 11 is 0. The highest BCUT2D eigenvalue weighted by Gasteiger charge is 2.37. The first kappa shape index (κ1) is 19.6. The normalized spacial score (nSPS) is 17.4. The van der Waals surface area contributed by atoms with Gasteiger partial charge in [0.05, 0.1) is 18.7 Å². The van der Waals surface area contributed by atoms with Gasteiger partial charge in [-0.3, -0.25) is 4.90 Å². The molecule has 0 aromatic heterocycles. The highest BCUT2D eigenvalue weighted by atomic mass is 19.4. The maximum absolute atomic E-state index is 14.0. The van der Waals surface area contributed by atoms with Crippen LogP contribution in [0.5, 0.6) is 5.75 Å². The Balaban J connectivity index is 2.19. The van der Waals surface area contributed by atoms with Crippen LogP contribution >= 0.6 is 0 Å². The van der Waals surface area contributed by atoms with E-state index in [-0.39, 0.29) is 5.56 Å². The van der Waals surface area contributed by atoms with Crippen LogP contribution in [0, 0.1) is 5.82 Å².